The van der Waals surface area contributed by atoms with Gasteiger partial charge in [0.05, 0.1) is 11.3 Å². The fourth-order valence-corrected chi connectivity index (χ4v) is 5.35. The number of hydrogen-bond acceptors (Lipinski definition) is 5. The lowest BCUT2D eigenvalue weighted by molar-refractivity contribution is -0.131. The van der Waals surface area contributed by atoms with Gasteiger partial charge in [-0.3, -0.25) is 4.79 Å². The Balaban J connectivity index is 1.29. The number of carbonyl (C=O) groups is 1. The van der Waals surface area contributed by atoms with E-state index in [4.69, 9.17) is 0 Å². The Hall–Kier alpha value is -1.89. The van der Waals surface area contributed by atoms with Crippen molar-refractivity contribution in [1.82, 2.24) is 25.1 Å². The minimum Gasteiger partial charge on any atom is -0.342 e. The van der Waals surface area contributed by atoms with Crippen LogP contribution >= 0.6 is 11.8 Å². The second-order valence-corrected chi connectivity index (χ2v) is 9.37. The van der Waals surface area contributed by atoms with Gasteiger partial charge in [0, 0.05) is 13.1 Å². The number of hydrogen-bond donors (Lipinski definition) is 0. The third-order valence-electron chi connectivity index (χ3n) is 6.06. The van der Waals surface area contributed by atoms with Crippen LogP contribution in [0.1, 0.15) is 57.1 Å². The Kier molecular flexibility index (Phi) is 6.29. The summed E-state index contributed by atoms with van der Waals surface area (Å²) in [6.07, 6.45) is 8.02. The maximum absolute atomic E-state index is 12.9. The van der Waals surface area contributed by atoms with Gasteiger partial charge in [0.1, 0.15) is 0 Å². The Morgan fingerprint density at radius 2 is 1.86 bits per heavy atom. The third kappa shape index (κ3) is 4.57. The van der Waals surface area contributed by atoms with Crippen LogP contribution in [0.15, 0.2) is 35.5 Å². The minimum atomic E-state index is -0.156. The molecule has 2 aromatic rings. The minimum absolute atomic E-state index is 0.156. The topological polar surface area (TPSA) is 63.9 Å². The first-order valence-electron chi connectivity index (χ1n) is 10.5. The van der Waals surface area contributed by atoms with Crippen LogP contribution in [-0.4, -0.2) is 49.4 Å². The van der Waals surface area contributed by atoms with E-state index in [0.29, 0.717) is 12.0 Å². The van der Waals surface area contributed by atoms with Gasteiger partial charge < -0.3 is 4.90 Å². The van der Waals surface area contributed by atoms with Crippen molar-refractivity contribution in [3.05, 3.63) is 35.9 Å². The number of benzene rings is 1. The number of nitrogens with zero attached hydrogens (tertiary/aromatic N) is 5. The Bertz CT molecular complexity index is 766. The Morgan fingerprint density at radius 1 is 1.14 bits per heavy atom. The summed E-state index contributed by atoms with van der Waals surface area (Å²) >= 11 is 1.50. The summed E-state index contributed by atoms with van der Waals surface area (Å²) in [4.78, 5) is 15.0. The molecule has 1 amide bonds. The molecule has 1 atom stereocenters. The van der Waals surface area contributed by atoms with Gasteiger partial charge in [-0.25, -0.2) is 4.68 Å². The summed E-state index contributed by atoms with van der Waals surface area (Å²) in [5.74, 6) is 0.883. The average molecular weight is 400 g/mol. The fourth-order valence-electron chi connectivity index (χ4n) is 4.41. The van der Waals surface area contributed by atoms with Crippen LogP contribution in [0.5, 0.6) is 0 Å². The summed E-state index contributed by atoms with van der Waals surface area (Å²) in [7, 11) is 0. The first-order valence-corrected chi connectivity index (χ1v) is 11.4. The number of piperidine rings is 1. The molecule has 0 bridgehead atoms. The van der Waals surface area contributed by atoms with Crippen LogP contribution in [0.2, 0.25) is 0 Å². The largest absolute Gasteiger partial charge is 0.342 e. The molecule has 0 spiro atoms. The highest BCUT2D eigenvalue weighted by Gasteiger charge is 2.29. The quantitative estimate of drug-likeness (QED) is 0.692. The van der Waals surface area contributed by atoms with E-state index in [2.05, 4.69) is 45.9 Å². The molecule has 1 aliphatic carbocycles. The molecule has 1 aromatic carbocycles. The van der Waals surface area contributed by atoms with E-state index in [1.165, 1.54) is 30.2 Å². The maximum atomic E-state index is 12.9. The molecule has 2 heterocycles. The molecule has 6 nitrogen and oxygen atoms in total. The standard InChI is InChI=1S/C21H29N5OS/c1-16(28-21-22-23-24-26(21)19-9-5-6-10-19)20(27)25-13-11-18(12-14-25)15-17-7-3-2-4-8-17/h2-4,7-8,16,18-19H,5-6,9-15H2,1H3/t16-/m0/s1. The second-order valence-electron chi connectivity index (χ2n) is 8.06. The smallest absolute Gasteiger partial charge is 0.235 e. The van der Waals surface area contributed by atoms with E-state index in [-0.39, 0.29) is 11.2 Å². The van der Waals surface area contributed by atoms with Gasteiger partial charge in [-0.05, 0) is 60.9 Å². The molecule has 28 heavy (non-hydrogen) atoms. The van der Waals surface area contributed by atoms with Crippen LogP contribution in [-0.2, 0) is 11.2 Å². The number of thioether (sulfide) groups is 1. The zero-order valence-corrected chi connectivity index (χ0v) is 17.4. The first-order chi connectivity index (χ1) is 13.7. The molecule has 1 aliphatic heterocycles. The molecular weight excluding hydrogens is 370 g/mol. The van der Waals surface area contributed by atoms with Crippen molar-refractivity contribution in [3.63, 3.8) is 0 Å². The highest BCUT2D eigenvalue weighted by Crippen LogP contribution is 2.33. The molecule has 7 heteroatoms. The van der Waals surface area contributed by atoms with Crippen molar-refractivity contribution < 1.29 is 4.79 Å². The summed E-state index contributed by atoms with van der Waals surface area (Å²) < 4.78 is 1.94. The number of aromatic nitrogens is 4. The lowest BCUT2D eigenvalue weighted by atomic mass is 9.90. The van der Waals surface area contributed by atoms with Gasteiger partial charge in [-0.15, -0.1) is 5.10 Å². The molecule has 2 fully saturated rings. The van der Waals surface area contributed by atoms with E-state index in [1.807, 2.05) is 16.5 Å². The summed E-state index contributed by atoms with van der Waals surface area (Å²) in [5, 5.41) is 12.9. The molecule has 0 radical (unpaired) electrons. The molecule has 0 N–H and O–H groups in total. The summed E-state index contributed by atoms with van der Waals surface area (Å²) in [6, 6.07) is 11.1. The van der Waals surface area contributed by atoms with Crippen LogP contribution in [0.25, 0.3) is 0 Å². The highest BCUT2D eigenvalue weighted by atomic mass is 32.2. The third-order valence-corrected chi connectivity index (χ3v) is 7.09. The molecule has 4 rings (SSSR count). The zero-order chi connectivity index (χ0) is 19.3. The molecule has 2 aliphatic rings. The van der Waals surface area contributed by atoms with Crippen LogP contribution < -0.4 is 0 Å². The van der Waals surface area contributed by atoms with Gasteiger partial charge in [0.2, 0.25) is 11.1 Å². The van der Waals surface area contributed by atoms with Crippen molar-refractivity contribution in [1.29, 1.82) is 0 Å². The van der Waals surface area contributed by atoms with Crippen LogP contribution in [0.4, 0.5) is 0 Å². The first kappa shape index (κ1) is 19.4. The van der Waals surface area contributed by atoms with Crippen LogP contribution in [0, 0.1) is 5.92 Å². The van der Waals surface area contributed by atoms with Gasteiger partial charge >= 0.3 is 0 Å². The van der Waals surface area contributed by atoms with Gasteiger partial charge in [-0.2, -0.15) is 0 Å². The molecule has 1 saturated heterocycles. The van der Waals surface area contributed by atoms with Crippen LogP contribution in [0.3, 0.4) is 0 Å². The lowest BCUT2D eigenvalue weighted by Gasteiger charge is -2.33. The predicted molar refractivity (Wildman–Crippen MR) is 110 cm³/mol. The Morgan fingerprint density at radius 3 is 2.57 bits per heavy atom. The highest BCUT2D eigenvalue weighted by molar-refractivity contribution is 8.00. The molecule has 0 unspecified atom stereocenters. The SMILES string of the molecule is C[C@H](Sc1nnnn1C1CCCC1)C(=O)N1CCC(Cc2ccccc2)CC1. The molecule has 150 valence electrons. The second kappa shape index (κ2) is 9.07. The zero-order valence-electron chi connectivity index (χ0n) is 16.5. The fraction of sp³-hybridized carbons (Fsp3) is 0.619. The van der Waals surface area contributed by atoms with Gasteiger partial charge in [0.15, 0.2) is 0 Å². The predicted octanol–water partition coefficient (Wildman–Crippen LogP) is 3.75. The van der Waals surface area contributed by atoms with E-state index < -0.39 is 0 Å². The van der Waals surface area contributed by atoms with E-state index in [0.717, 1.165) is 50.4 Å². The number of tetrazole rings is 1. The molecule has 1 aromatic heterocycles. The summed E-state index contributed by atoms with van der Waals surface area (Å²) in [6.45, 7) is 3.69. The number of amides is 1. The average Bonchev–Trinajstić information content (AvgIpc) is 3.40. The van der Waals surface area contributed by atoms with Crippen molar-refractivity contribution in [2.75, 3.05) is 13.1 Å². The monoisotopic (exact) mass is 399 g/mol. The number of rotatable bonds is 6. The number of carbonyl (C=O) groups excluding carboxylic acids is 1. The van der Waals surface area contributed by atoms with Gasteiger partial charge in [-0.1, -0.05) is 54.9 Å². The van der Waals surface area contributed by atoms with Crippen molar-refractivity contribution in [2.45, 2.75) is 68.3 Å². The lowest BCUT2D eigenvalue weighted by Crippen LogP contribution is -2.42. The van der Waals surface area contributed by atoms with Gasteiger partial charge in [0.25, 0.3) is 0 Å². The van der Waals surface area contributed by atoms with Crippen molar-refractivity contribution >= 4 is 17.7 Å². The van der Waals surface area contributed by atoms with Crippen molar-refractivity contribution in [3.8, 4) is 0 Å². The molecular formula is C21H29N5OS. The van der Waals surface area contributed by atoms with Crippen molar-refractivity contribution in [2.24, 2.45) is 5.92 Å². The molecule has 1 saturated carbocycles. The van der Waals surface area contributed by atoms with E-state index in [1.54, 1.807) is 0 Å². The normalized spacial score (nSPS) is 19.8. The number of likely N-dealkylation sites (tertiary alicyclic amines) is 1. The maximum Gasteiger partial charge on any atom is 0.235 e. The van der Waals surface area contributed by atoms with E-state index in [9.17, 15) is 4.79 Å². The van der Waals surface area contributed by atoms with E-state index >= 15 is 0 Å². The summed E-state index contributed by atoms with van der Waals surface area (Å²) in [5.41, 5.74) is 1.40. The Labute approximate surface area is 171 Å².